The van der Waals surface area contributed by atoms with Crippen LogP contribution in [0.3, 0.4) is 0 Å². The first-order chi connectivity index (χ1) is 24.0. The molecule has 3 aromatic rings. The minimum absolute atomic E-state index is 0. The zero-order valence-electron chi connectivity index (χ0n) is 31.4. The first-order valence-electron chi connectivity index (χ1n) is 17.9. The minimum atomic E-state index is -1.23. The molecule has 0 aromatic carbocycles. The van der Waals surface area contributed by atoms with E-state index in [-0.39, 0.29) is 16.5 Å². The number of aromatic nitrogens is 4. The maximum Gasteiger partial charge on any atom is 2.00 e. The van der Waals surface area contributed by atoms with Crippen molar-refractivity contribution >= 4 is 57.3 Å². The van der Waals surface area contributed by atoms with Gasteiger partial charge in [-0.05, 0) is 122 Å². The number of carbonyl (C=O) groups is 2. The summed E-state index contributed by atoms with van der Waals surface area (Å²) in [5.41, 5.74) is 19.3. The number of allylic oxidation sites excluding steroid dienone is 2. The third-order valence-corrected chi connectivity index (χ3v) is 9.18. The molecule has 274 valence electrons. The molecule has 0 saturated heterocycles. The van der Waals surface area contributed by atoms with Gasteiger partial charge in [-0.1, -0.05) is 61.6 Å². The van der Waals surface area contributed by atoms with Crippen molar-refractivity contribution in [3.63, 3.8) is 0 Å². The molecular formula is C42H52N4NiO4. The zero-order chi connectivity index (χ0) is 37.1. The molecule has 0 unspecified atom stereocenters. The number of aryl methyl sites for hydroxylation is 6. The van der Waals surface area contributed by atoms with Gasteiger partial charge >= 0.3 is 16.5 Å². The van der Waals surface area contributed by atoms with E-state index in [1.165, 1.54) is 66.9 Å². The van der Waals surface area contributed by atoms with Gasteiger partial charge < -0.3 is 29.4 Å². The maximum absolute atomic E-state index is 9.14. The van der Waals surface area contributed by atoms with Crippen LogP contribution < -0.4 is 10.2 Å². The number of H-pyrrole nitrogens is 1. The summed E-state index contributed by atoms with van der Waals surface area (Å²) in [6, 6.07) is 6.80. The number of fused-ring (bicyclic) bond motifs is 8. The van der Waals surface area contributed by atoms with Gasteiger partial charge in [0.1, 0.15) is 0 Å². The average molecular weight is 736 g/mol. The number of hydrogen-bond acceptors (Lipinski definition) is 6. The summed E-state index contributed by atoms with van der Waals surface area (Å²) in [4.78, 5) is 32.7. The Bertz CT molecular complexity index is 1980. The van der Waals surface area contributed by atoms with Crippen LogP contribution in [0, 0.1) is 0 Å². The summed E-state index contributed by atoms with van der Waals surface area (Å²) in [6.45, 7) is 25.0. The van der Waals surface area contributed by atoms with Gasteiger partial charge in [-0.15, -0.1) is 0 Å². The molecule has 1 N–H and O–H groups in total. The molecular weight excluding hydrogens is 683 g/mol. The van der Waals surface area contributed by atoms with Crippen molar-refractivity contribution in [2.24, 2.45) is 0 Å². The topological polar surface area (TPSA) is 127 Å². The fourth-order valence-corrected chi connectivity index (χ4v) is 7.06. The molecule has 5 heterocycles. The Labute approximate surface area is 313 Å². The zero-order valence-corrected chi connectivity index (χ0v) is 32.4. The molecule has 0 amide bonds. The average Bonchev–Trinajstić information content (AvgIpc) is 3.89. The third-order valence-electron chi connectivity index (χ3n) is 9.18. The van der Waals surface area contributed by atoms with Gasteiger partial charge in [0.2, 0.25) is 0 Å². The molecule has 2 aliphatic heterocycles. The smallest absolute Gasteiger partial charge is 0.545 e. The van der Waals surface area contributed by atoms with Gasteiger partial charge in [-0.3, -0.25) is 0 Å². The summed E-state index contributed by atoms with van der Waals surface area (Å²) in [7, 11) is 0. The van der Waals surface area contributed by atoms with Crippen molar-refractivity contribution in [3.05, 3.63) is 94.1 Å². The molecule has 51 heavy (non-hydrogen) atoms. The van der Waals surface area contributed by atoms with E-state index in [2.05, 4.69) is 108 Å². The molecule has 8 bridgehead atoms. The van der Waals surface area contributed by atoms with Crippen LogP contribution in [0.2, 0.25) is 0 Å². The van der Waals surface area contributed by atoms with Gasteiger partial charge in [0, 0.05) is 34.2 Å². The third kappa shape index (κ3) is 9.25. The summed E-state index contributed by atoms with van der Waals surface area (Å²) >= 11 is 0. The second-order valence-electron chi connectivity index (χ2n) is 11.9. The molecule has 0 atom stereocenters. The predicted octanol–water partition coefficient (Wildman–Crippen LogP) is 7.36. The number of nitrogens with one attached hydrogen (secondary N) is 1. The second-order valence-corrected chi connectivity index (χ2v) is 11.9. The minimum Gasteiger partial charge on any atom is -0.545 e. The van der Waals surface area contributed by atoms with E-state index >= 15 is 0 Å². The molecule has 0 spiro atoms. The van der Waals surface area contributed by atoms with Crippen LogP contribution in [0.4, 0.5) is 0 Å². The van der Waals surface area contributed by atoms with Crippen molar-refractivity contribution in [2.75, 3.05) is 0 Å². The first kappa shape index (κ1) is 42.7. The Kier molecular flexibility index (Phi) is 16.6. The number of carboxylic acid groups (broad SMARTS) is 2. The molecule has 3 aromatic heterocycles. The Morgan fingerprint density at radius 3 is 1.61 bits per heavy atom. The van der Waals surface area contributed by atoms with E-state index in [9.17, 15) is 0 Å². The van der Waals surface area contributed by atoms with Crippen LogP contribution in [-0.4, -0.2) is 31.5 Å². The first-order valence-corrected chi connectivity index (χ1v) is 17.9. The van der Waals surface area contributed by atoms with E-state index in [1.807, 2.05) is 0 Å². The summed E-state index contributed by atoms with van der Waals surface area (Å²) in [5.74, 6) is -2.46. The van der Waals surface area contributed by atoms with E-state index in [1.54, 1.807) is 0 Å². The molecule has 0 radical (unpaired) electrons. The quantitative estimate of drug-likeness (QED) is 0.134. The maximum atomic E-state index is 9.14. The van der Waals surface area contributed by atoms with Crippen molar-refractivity contribution in [2.45, 2.75) is 107 Å². The fourth-order valence-electron chi connectivity index (χ4n) is 7.06. The van der Waals surface area contributed by atoms with Crippen molar-refractivity contribution < 1.29 is 36.3 Å². The number of carboxylic acids is 2. The monoisotopic (exact) mass is 734 g/mol. The molecule has 8 nitrogen and oxygen atoms in total. The van der Waals surface area contributed by atoms with Crippen LogP contribution in [-0.2, 0) is 64.7 Å². The number of aromatic amines is 1. The van der Waals surface area contributed by atoms with Gasteiger partial charge in [0.15, 0.2) is 0 Å². The van der Waals surface area contributed by atoms with Crippen LogP contribution in [0.15, 0.2) is 43.5 Å². The largest absolute Gasteiger partial charge is 2.00 e. The Morgan fingerprint density at radius 1 is 0.686 bits per heavy atom. The molecule has 5 rings (SSSR count). The number of aliphatic carboxylic acids is 2. The van der Waals surface area contributed by atoms with Crippen molar-refractivity contribution in [3.8, 4) is 0 Å². The van der Waals surface area contributed by atoms with Gasteiger partial charge in [-0.2, -0.15) is 0 Å². The van der Waals surface area contributed by atoms with Crippen LogP contribution in [0.1, 0.15) is 119 Å². The number of hydrogen-bond donors (Lipinski definition) is 1. The fraction of sp³-hybridized carbons (Fsp3) is 0.381. The number of nitrogens with zero attached hydrogens (tertiary/aromatic N) is 3. The van der Waals surface area contributed by atoms with Gasteiger partial charge in [0.05, 0.1) is 40.2 Å². The van der Waals surface area contributed by atoms with E-state index < -0.39 is 11.9 Å². The molecule has 0 aliphatic carbocycles. The van der Waals surface area contributed by atoms with Crippen LogP contribution in [0.5, 0.6) is 0 Å². The molecule has 0 saturated carbocycles. The predicted molar refractivity (Wildman–Crippen MR) is 204 cm³/mol. The molecule has 2 aliphatic rings. The van der Waals surface area contributed by atoms with Crippen molar-refractivity contribution in [1.29, 1.82) is 0 Å². The van der Waals surface area contributed by atoms with Gasteiger partial charge in [-0.25, -0.2) is 9.97 Å². The van der Waals surface area contributed by atoms with Gasteiger partial charge in [0.25, 0.3) is 0 Å². The van der Waals surface area contributed by atoms with Crippen LogP contribution in [0.25, 0.3) is 45.4 Å². The Balaban J connectivity index is 0.000000723. The summed E-state index contributed by atoms with van der Waals surface area (Å²) in [6.07, 6.45) is 12.6. The Morgan fingerprint density at radius 2 is 1.18 bits per heavy atom. The normalized spacial score (nSPS) is 11.5. The van der Waals surface area contributed by atoms with Crippen LogP contribution >= 0.6 is 0 Å². The van der Waals surface area contributed by atoms with E-state index in [4.69, 9.17) is 29.8 Å². The van der Waals surface area contributed by atoms with Crippen molar-refractivity contribution in [1.82, 2.24) is 19.5 Å². The summed E-state index contributed by atoms with van der Waals surface area (Å²) in [5, 5.41) is 18.3. The Hall–Kier alpha value is -4.49. The SMILES string of the molecule is C=CC(=O)[O-].C=CC(=O)[O-].CCC1=C(CC)c2nc1c(CC)c1[nH]c(cc3nc(cc4c(CC)c(CC)c(c2CC)n4CC)C=C3)cc1CC.[Ni+2]. The van der Waals surface area contributed by atoms with E-state index in [0.717, 1.165) is 80.5 Å². The number of carbonyl (C=O) groups excluding carboxylic acids is 2. The summed E-state index contributed by atoms with van der Waals surface area (Å²) < 4.78 is 2.55. The standard InChI is InChI=1S/C36H46N4.2C3H4O2.Ni/c1-9-22-19-25-20-23-17-18-24(37-23)21-32-26(10-2)29(13-5)36(40(32)16-8)31(15-7)35-28(12-4)27(11-3)34(39-35)30(14-6)33(22)38-25;2*1-2-3(4)5;/h17-21,38H,9-16H2,1-8H3;2*2H,1H2,(H,4,5);/q;;;+2/p-2. The number of rotatable bonds is 10. The second kappa shape index (κ2) is 19.8. The van der Waals surface area contributed by atoms with E-state index in [0.29, 0.717) is 0 Å². The molecule has 9 heteroatoms. The molecule has 0 fully saturated rings.